The van der Waals surface area contributed by atoms with Gasteiger partial charge in [0.2, 0.25) is 5.91 Å². The molecule has 3 unspecified atom stereocenters. The number of fused-ring (bicyclic) bond motifs is 1. The third-order valence-electron chi connectivity index (χ3n) is 5.31. The zero-order valence-electron chi connectivity index (χ0n) is 15.8. The molecule has 1 aliphatic heterocycles. The van der Waals surface area contributed by atoms with Crippen LogP contribution in [0.1, 0.15) is 30.4 Å². The summed E-state index contributed by atoms with van der Waals surface area (Å²) >= 11 is 6.01. The summed E-state index contributed by atoms with van der Waals surface area (Å²) in [4.78, 5) is 29.1. The van der Waals surface area contributed by atoms with Gasteiger partial charge in [-0.1, -0.05) is 29.8 Å². The lowest BCUT2D eigenvalue weighted by Gasteiger charge is -2.39. The summed E-state index contributed by atoms with van der Waals surface area (Å²) in [6, 6.07) is 10.9. The Balaban J connectivity index is 1.35. The van der Waals surface area contributed by atoms with Crippen molar-refractivity contribution in [2.24, 2.45) is 5.92 Å². The fraction of sp³-hybridized carbons (Fsp3) is 0.318. The third-order valence-corrected chi connectivity index (χ3v) is 5.55. The molecule has 2 amide bonds. The van der Waals surface area contributed by atoms with Gasteiger partial charge in [-0.05, 0) is 54.7 Å². The number of carbonyl (C=O) groups is 2. The molecule has 4 rings (SSSR count). The quantitative estimate of drug-likeness (QED) is 0.758. The number of aromatic nitrogens is 1. The van der Waals surface area contributed by atoms with Crippen molar-refractivity contribution in [1.82, 2.24) is 15.6 Å². The number of carbonyl (C=O) groups excluding carboxylic acids is 2. The molecule has 2 fully saturated rings. The van der Waals surface area contributed by atoms with Crippen LogP contribution in [0, 0.1) is 5.92 Å². The fourth-order valence-corrected chi connectivity index (χ4v) is 4.01. The summed E-state index contributed by atoms with van der Waals surface area (Å²) < 4.78 is 5.97. The molecule has 2 aliphatic rings. The second kappa shape index (κ2) is 8.66. The van der Waals surface area contributed by atoms with E-state index in [-0.39, 0.29) is 35.6 Å². The van der Waals surface area contributed by atoms with Gasteiger partial charge in [-0.25, -0.2) is 0 Å². The molecular formula is C22H22ClN3O3. The fourth-order valence-electron chi connectivity index (χ4n) is 3.81. The smallest absolute Gasteiger partial charge is 0.286 e. The Hall–Kier alpha value is -2.86. The van der Waals surface area contributed by atoms with Crippen molar-refractivity contribution < 1.29 is 14.3 Å². The number of morpholine rings is 1. The van der Waals surface area contributed by atoms with Gasteiger partial charge in [0.15, 0.2) is 5.76 Å². The first-order valence-corrected chi connectivity index (χ1v) is 10.1. The first-order valence-electron chi connectivity index (χ1n) is 9.70. The minimum absolute atomic E-state index is 0.00168. The number of nitrogens with zero attached hydrogens (tertiary/aromatic N) is 1. The summed E-state index contributed by atoms with van der Waals surface area (Å²) in [7, 11) is 0. The van der Waals surface area contributed by atoms with Crippen molar-refractivity contribution in [2.75, 3.05) is 0 Å². The maximum Gasteiger partial charge on any atom is 0.286 e. The van der Waals surface area contributed by atoms with Gasteiger partial charge in [-0.15, -0.1) is 0 Å². The van der Waals surface area contributed by atoms with Gasteiger partial charge in [-0.2, -0.15) is 0 Å². The molecule has 150 valence electrons. The number of hydrogen-bond acceptors (Lipinski definition) is 4. The maximum atomic E-state index is 12.6. The number of rotatable bonds is 4. The van der Waals surface area contributed by atoms with E-state index in [2.05, 4.69) is 15.6 Å². The van der Waals surface area contributed by atoms with Gasteiger partial charge in [0.05, 0.1) is 6.04 Å². The van der Waals surface area contributed by atoms with Gasteiger partial charge >= 0.3 is 0 Å². The van der Waals surface area contributed by atoms with Crippen LogP contribution < -0.4 is 10.6 Å². The Bertz CT molecular complexity index is 932. The molecule has 7 heteroatoms. The highest BCUT2D eigenvalue weighted by atomic mass is 35.5. The lowest BCUT2D eigenvalue weighted by molar-refractivity contribution is -0.134. The van der Waals surface area contributed by atoms with Crippen LogP contribution in [0.3, 0.4) is 0 Å². The molecular weight excluding hydrogens is 390 g/mol. The molecule has 1 aromatic carbocycles. The Labute approximate surface area is 174 Å². The average molecular weight is 412 g/mol. The number of ether oxygens (including phenoxy) is 1. The first-order chi connectivity index (χ1) is 14.1. The van der Waals surface area contributed by atoms with Gasteiger partial charge in [0.25, 0.3) is 5.91 Å². The summed E-state index contributed by atoms with van der Waals surface area (Å²) in [6.07, 6.45) is 7.01. The number of amides is 2. The molecule has 1 aromatic heterocycles. The van der Waals surface area contributed by atoms with Crippen molar-refractivity contribution in [3.8, 4) is 0 Å². The van der Waals surface area contributed by atoms with Crippen molar-refractivity contribution in [3.63, 3.8) is 0 Å². The molecule has 2 N–H and O–H groups in total. The van der Waals surface area contributed by atoms with Crippen LogP contribution in [0.15, 0.2) is 54.6 Å². The van der Waals surface area contributed by atoms with Crippen LogP contribution in [0.5, 0.6) is 0 Å². The minimum atomic E-state index is -0.261. The van der Waals surface area contributed by atoms with Gasteiger partial charge in [0.1, 0.15) is 6.10 Å². The van der Waals surface area contributed by atoms with E-state index < -0.39 is 0 Å². The monoisotopic (exact) mass is 411 g/mol. The topological polar surface area (TPSA) is 80.3 Å². The molecule has 3 atom stereocenters. The predicted octanol–water partition coefficient (Wildman–Crippen LogP) is 3.08. The van der Waals surface area contributed by atoms with Gasteiger partial charge < -0.3 is 15.4 Å². The Kier molecular flexibility index (Phi) is 5.81. The third kappa shape index (κ3) is 4.77. The van der Waals surface area contributed by atoms with Gasteiger partial charge in [-0.3, -0.25) is 14.6 Å². The lowest BCUT2D eigenvalue weighted by Crippen LogP contribution is -2.54. The number of nitrogens with one attached hydrogen (secondary N) is 2. The molecule has 1 aliphatic carbocycles. The molecule has 2 heterocycles. The Morgan fingerprint density at radius 1 is 1.31 bits per heavy atom. The molecule has 2 aromatic rings. The maximum absolute atomic E-state index is 12.6. The van der Waals surface area contributed by atoms with Crippen LogP contribution in [-0.4, -0.2) is 28.9 Å². The van der Waals surface area contributed by atoms with Crippen LogP contribution in [-0.2, 0) is 20.9 Å². The van der Waals surface area contributed by atoms with Crippen molar-refractivity contribution in [1.29, 1.82) is 0 Å². The van der Waals surface area contributed by atoms with E-state index in [0.717, 1.165) is 17.5 Å². The van der Waals surface area contributed by atoms with Crippen molar-refractivity contribution >= 4 is 29.5 Å². The molecule has 0 radical (unpaired) electrons. The number of benzene rings is 1. The largest absolute Gasteiger partial charge is 0.483 e. The molecule has 1 saturated heterocycles. The minimum Gasteiger partial charge on any atom is -0.483 e. The zero-order chi connectivity index (χ0) is 20.2. The van der Waals surface area contributed by atoms with Crippen LogP contribution in [0.2, 0.25) is 5.02 Å². The summed E-state index contributed by atoms with van der Waals surface area (Å²) in [5, 5.41) is 6.58. The summed E-state index contributed by atoms with van der Waals surface area (Å²) in [6.45, 7) is 0.451. The summed E-state index contributed by atoms with van der Waals surface area (Å²) in [5.41, 5.74) is 1.77. The molecule has 1 saturated carbocycles. The van der Waals surface area contributed by atoms with E-state index in [1.54, 1.807) is 30.6 Å². The predicted molar refractivity (Wildman–Crippen MR) is 110 cm³/mol. The van der Waals surface area contributed by atoms with Crippen molar-refractivity contribution in [3.05, 3.63) is 70.7 Å². The number of hydrogen-bond donors (Lipinski definition) is 2. The second-order valence-corrected chi connectivity index (χ2v) is 7.83. The van der Waals surface area contributed by atoms with E-state index in [4.69, 9.17) is 16.3 Å². The number of halogens is 1. The van der Waals surface area contributed by atoms with Crippen LogP contribution in [0.25, 0.3) is 6.08 Å². The lowest BCUT2D eigenvalue weighted by atomic mass is 9.82. The van der Waals surface area contributed by atoms with Crippen molar-refractivity contribution in [2.45, 2.75) is 38.0 Å². The second-order valence-electron chi connectivity index (χ2n) is 7.39. The Morgan fingerprint density at radius 2 is 2.21 bits per heavy atom. The van der Waals surface area contributed by atoms with E-state index in [1.807, 2.05) is 24.3 Å². The highest BCUT2D eigenvalue weighted by Gasteiger charge is 2.40. The molecule has 29 heavy (non-hydrogen) atoms. The average Bonchev–Trinajstić information content (AvgIpc) is 2.73. The van der Waals surface area contributed by atoms with Crippen LogP contribution >= 0.6 is 11.6 Å². The molecule has 0 spiro atoms. The first kappa shape index (κ1) is 19.5. The SMILES string of the molecule is O=C1NC2CC(C(=O)NCc3cccnc3)CCC2O/C1=C/c1cccc(Cl)c1. The van der Waals surface area contributed by atoms with E-state index in [0.29, 0.717) is 24.4 Å². The van der Waals surface area contributed by atoms with Crippen LogP contribution in [0.4, 0.5) is 0 Å². The van der Waals surface area contributed by atoms with Gasteiger partial charge in [0, 0.05) is 29.9 Å². The normalized spacial score (nSPS) is 24.9. The number of pyridine rings is 1. The molecule has 0 bridgehead atoms. The molecule has 6 nitrogen and oxygen atoms in total. The summed E-state index contributed by atoms with van der Waals surface area (Å²) in [5.74, 6) is -0.118. The van der Waals surface area contributed by atoms with E-state index in [1.165, 1.54) is 0 Å². The Morgan fingerprint density at radius 3 is 3.00 bits per heavy atom. The van der Waals surface area contributed by atoms with E-state index in [9.17, 15) is 9.59 Å². The van der Waals surface area contributed by atoms with E-state index >= 15 is 0 Å². The standard InChI is InChI=1S/C22H22ClN3O3/c23-17-5-1-3-14(9-17)10-20-22(28)26-18-11-16(6-7-19(18)29-20)21(27)25-13-15-4-2-8-24-12-15/h1-5,8-10,12,16,18-19H,6-7,11,13H2,(H,25,27)(H,26,28)/b20-10+. The highest BCUT2D eigenvalue weighted by molar-refractivity contribution is 6.30. The zero-order valence-corrected chi connectivity index (χ0v) is 16.6. The highest BCUT2D eigenvalue weighted by Crippen LogP contribution is 2.31.